The van der Waals surface area contributed by atoms with Gasteiger partial charge in [-0.1, -0.05) is 11.6 Å². The summed E-state index contributed by atoms with van der Waals surface area (Å²) in [6.45, 7) is 0. The molecule has 0 radical (unpaired) electrons. The van der Waals surface area contributed by atoms with Crippen LogP contribution in [0.1, 0.15) is 10.4 Å². The Morgan fingerprint density at radius 2 is 2.18 bits per heavy atom. The number of carbonyl (C=O) groups is 1. The van der Waals surface area contributed by atoms with Crippen LogP contribution in [0.5, 0.6) is 0 Å². The molecule has 3 heterocycles. The highest BCUT2D eigenvalue weighted by Gasteiger charge is 2.15. The molecule has 0 spiro atoms. The fourth-order valence-corrected chi connectivity index (χ4v) is 2.51. The highest BCUT2D eigenvalue weighted by Crippen LogP contribution is 2.22. The van der Waals surface area contributed by atoms with Crippen LogP contribution in [-0.4, -0.2) is 35.8 Å². The van der Waals surface area contributed by atoms with Crippen molar-refractivity contribution in [1.82, 2.24) is 24.7 Å². The smallest absolute Gasteiger partial charge is 0.339 e. The largest absolute Gasteiger partial charge is 0.478 e. The monoisotopic (exact) mass is 313 g/mol. The van der Waals surface area contributed by atoms with E-state index >= 15 is 0 Å². The molecule has 0 aliphatic heterocycles. The molecule has 0 atom stereocenters. The maximum Gasteiger partial charge on any atom is 0.339 e. The number of benzene rings is 1. The molecule has 108 valence electrons. The number of aromatic carboxylic acids is 1. The lowest BCUT2D eigenvalue weighted by Gasteiger charge is -2.02. The zero-order valence-corrected chi connectivity index (χ0v) is 11.7. The Labute approximate surface area is 128 Å². The number of aromatic nitrogens is 5. The van der Waals surface area contributed by atoms with Gasteiger partial charge in [-0.15, -0.1) is 0 Å². The van der Waals surface area contributed by atoms with Crippen molar-refractivity contribution in [2.45, 2.75) is 0 Å². The first-order chi connectivity index (χ1) is 10.6. The minimum atomic E-state index is -1.06. The van der Waals surface area contributed by atoms with E-state index in [4.69, 9.17) is 11.6 Å². The van der Waals surface area contributed by atoms with Crippen molar-refractivity contribution in [3.05, 3.63) is 47.4 Å². The van der Waals surface area contributed by atoms with E-state index in [1.54, 1.807) is 23.0 Å². The van der Waals surface area contributed by atoms with E-state index in [1.165, 1.54) is 12.4 Å². The van der Waals surface area contributed by atoms with Gasteiger partial charge in [0.1, 0.15) is 11.1 Å². The van der Waals surface area contributed by atoms with E-state index in [-0.39, 0.29) is 5.56 Å². The van der Waals surface area contributed by atoms with Crippen molar-refractivity contribution in [2.24, 2.45) is 0 Å². The molecule has 22 heavy (non-hydrogen) atoms. The van der Waals surface area contributed by atoms with Crippen molar-refractivity contribution in [2.75, 3.05) is 0 Å². The van der Waals surface area contributed by atoms with Crippen LogP contribution in [0, 0.1) is 0 Å². The number of hydrogen-bond acceptors (Lipinski definition) is 4. The second kappa shape index (κ2) is 4.54. The summed E-state index contributed by atoms with van der Waals surface area (Å²) in [5.41, 5.74) is 1.59. The minimum absolute atomic E-state index is 0.0730. The van der Waals surface area contributed by atoms with Gasteiger partial charge >= 0.3 is 5.97 Å². The lowest BCUT2D eigenvalue weighted by atomic mass is 10.2. The molecule has 4 aromatic rings. The lowest BCUT2D eigenvalue weighted by molar-refractivity contribution is 0.0699. The van der Waals surface area contributed by atoms with Crippen LogP contribution in [0.25, 0.3) is 27.9 Å². The number of aromatic amines is 1. The van der Waals surface area contributed by atoms with Gasteiger partial charge in [0.25, 0.3) is 0 Å². The maximum atomic E-state index is 11.2. The molecule has 7 nitrogen and oxygen atoms in total. The van der Waals surface area contributed by atoms with Gasteiger partial charge in [0.15, 0.2) is 11.5 Å². The van der Waals surface area contributed by atoms with Gasteiger partial charge < -0.3 is 10.1 Å². The van der Waals surface area contributed by atoms with Crippen LogP contribution in [0.2, 0.25) is 5.02 Å². The zero-order valence-electron chi connectivity index (χ0n) is 11.0. The lowest BCUT2D eigenvalue weighted by Crippen LogP contribution is -2.02. The SMILES string of the molecule is O=C(O)c1c[nH]c2ncc(-n3ncc4cc(Cl)ccc43)nc12. The maximum absolute atomic E-state index is 11.2. The van der Waals surface area contributed by atoms with E-state index in [1.807, 2.05) is 6.07 Å². The Bertz CT molecular complexity index is 1040. The average Bonchev–Trinajstić information content (AvgIpc) is 3.09. The van der Waals surface area contributed by atoms with Crippen molar-refractivity contribution in [3.8, 4) is 5.82 Å². The summed E-state index contributed by atoms with van der Waals surface area (Å²) in [5.74, 6) is -0.623. The number of carboxylic acids is 1. The Morgan fingerprint density at radius 3 is 3.00 bits per heavy atom. The van der Waals surface area contributed by atoms with Gasteiger partial charge in [0, 0.05) is 16.6 Å². The molecule has 0 aliphatic carbocycles. The molecule has 0 amide bonds. The van der Waals surface area contributed by atoms with Crippen LogP contribution < -0.4 is 0 Å². The number of carboxylic acid groups (broad SMARTS) is 1. The van der Waals surface area contributed by atoms with Gasteiger partial charge in [0.05, 0.1) is 17.9 Å². The zero-order chi connectivity index (χ0) is 15.3. The fraction of sp³-hybridized carbons (Fsp3) is 0. The van der Waals surface area contributed by atoms with Crippen molar-refractivity contribution in [1.29, 1.82) is 0 Å². The Morgan fingerprint density at radius 1 is 1.32 bits per heavy atom. The molecular formula is C14H8ClN5O2. The number of halogens is 1. The number of H-pyrrole nitrogens is 1. The quantitative estimate of drug-likeness (QED) is 0.593. The summed E-state index contributed by atoms with van der Waals surface area (Å²) < 4.78 is 1.59. The first-order valence-corrected chi connectivity index (χ1v) is 6.72. The summed E-state index contributed by atoms with van der Waals surface area (Å²) in [5, 5.41) is 14.9. The summed E-state index contributed by atoms with van der Waals surface area (Å²) >= 11 is 5.96. The summed E-state index contributed by atoms with van der Waals surface area (Å²) in [6.07, 6.45) is 4.57. The molecule has 3 aromatic heterocycles. The highest BCUT2D eigenvalue weighted by molar-refractivity contribution is 6.31. The third-order valence-electron chi connectivity index (χ3n) is 3.35. The fourth-order valence-electron chi connectivity index (χ4n) is 2.33. The number of rotatable bonds is 2. The molecule has 4 rings (SSSR count). The summed E-state index contributed by atoms with van der Waals surface area (Å²) in [7, 11) is 0. The normalized spacial score (nSPS) is 11.3. The van der Waals surface area contributed by atoms with Crippen molar-refractivity contribution in [3.63, 3.8) is 0 Å². The third-order valence-corrected chi connectivity index (χ3v) is 3.58. The van der Waals surface area contributed by atoms with E-state index in [2.05, 4.69) is 20.1 Å². The number of nitrogens with one attached hydrogen (secondary N) is 1. The number of nitrogens with zero attached hydrogens (tertiary/aromatic N) is 4. The summed E-state index contributed by atoms with van der Waals surface area (Å²) in [6, 6.07) is 5.38. The average molecular weight is 314 g/mol. The van der Waals surface area contributed by atoms with E-state index in [9.17, 15) is 9.90 Å². The van der Waals surface area contributed by atoms with Gasteiger partial charge in [-0.25, -0.2) is 19.4 Å². The predicted octanol–water partition coefficient (Wildman–Crippen LogP) is 2.65. The molecule has 2 N–H and O–H groups in total. The van der Waals surface area contributed by atoms with E-state index in [0.717, 1.165) is 10.9 Å². The van der Waals surface area contributed by atoms with Crippen LogP contribution in [0.15, 0.2) is 36.8 Å². The van der Waals surface area contributed by atoms with E-state index in [0.29, 0.717) is 22.0 Å². The molecular weight excluding hydrogens is 306 g/mol. The number of hydrogen-bond donors (Lipinski definition) is 2. The van der Waals surface area contributed by atoms with E-state index < -0.39 is 5.97 Å². The minimum Gasteiger partial charge on any atom is -0.478 e. The molecule has 0 bridgehead atoms. The van der Waals surface area contributed by atoms with Crippen LogP contribution in [0.3, 0.4) is 0 Å². The summed E-state index contributed by atoms with van der Waals surface area (Å²) in [4.78, 5) is 22.5. The Kier molecular flexibility index (Phi) is 2.64. The van der Waals surface area contributed by atoms with Crippen molar-refractivity contribution >= 4 is 39.6 Å². The van der Waals surface area contributed by atoms with Gasteiger partial charge in [-0.2, -0.15) is 5.10 Å². The first kappa shape index (κ1) is 12.8. The highest BCUT2D eigenvalue weighted by atomic mass is 35.5. The Balaban J connectivity index is 1.96. The van der Waals surface area contributed by atoms with Gasteiger partial charge in [-0.3, -0.25) is 0 Å². The van der Waals surface area contributed by atoms with Gasteiger partial charge in [0.2, 0.25) is 0 Å². The molecule has 1 aromatic carbocycles. The first-order valence-electron chi connectivity index (χ1n) is 6.34. The Hall–Kier alpha value is -2.93. The standard InChI is InChI=1S/C14H8ClN5O2/c15-8-1-2-10-7(3-8)4-18-20(10)11-6-17-13-12(19-11)9(5-16-13)14(21)22/h1-6H,(H,16,17)(H,21,22). The van der Waals surface area contributed by atoms with Gasteiger partial charge in [-0.05, 0) is 18.2 Å². The molecule has 8 heteroatoms. The van der Waals surface area contributed by atoms with Crippen LogP contribution in [0.4, 0.5) is 0 Å². The molecule has 0 saturated carbocycles. The molecule has 0 fully saturated rings. The van der Waals surface area contributed by atoms with Crippen LogP contribution >= 0.6 is 11.6 Å². The predicted molar refractivity (Wildman–Crippen MR) is 80.5 cm³/mol. The topological polar surface area (TPSA) is 96.7 Å². The molecule has 0 saturated heterocycles. The second-order valence-electron chi connectivity index (χ2n) is 4.69. The third kappa shape index (κ3) is 1.83. The molecule has 0 aliphatic rings. The van der Waals surface area contributed by atoms with Crippen molar-refractivity contribution < 1.29 is 9.90 Å². The van der Waals surface area contributed by atoms with Crippen LogP contribution in [-0.2, 0) is 0 Å². The second-order valence-corrected chi connectivity index (χ2v) is 5.13. The number of fused-ring (bicyclic) bond motifs is 2. The molecule has 0 unspecified atom stereocenters.